The molecule has 168 valence electrons. The molecule has 8 heteroatoms. The minimum absolute atomic E-state index is 0.0241. The molecule has 0 spiro atoms. The highest BCUT2D eigenvalue weighted by molar-refractivity contribution is 6.05. The number of imide groups is 1. The lowest BCUT2D eigenvalue weighted by molar-refractivity contribution is -0.136. The molecular formula is C23H31FN4O3. The predicted octanol–water partition coefficient (Wildman–Crippen LogP) is 2.28. The van der Waals surface area contributed by atoms with E-state index in [2.05, 4.69) is 49.7 Å². The molecule has 3 aliphatic heterocycles. The molecule has 4 rings (SSSR count). The van der Waals surface area contributed by atoms with Crippen molar-refractivity contribution in [2.75, 3.05) is 18.0 Å². The SMILES string of the molecule is CC1CN(c2cc3c(cc2F)C(=O)N([C@@H]2CCC(=O)NC2=O)C3)CC(C)N1C(C)(C)C. The van der Waals surface area contributed by atoms with Crippen LogP contribution in [0.4, 0.5) is 10.1 Å². The fourth-order valence-electron chi connectivity index (χ4n) is 5.66. The Bertz CT molecular complexity index is 929. The van der Waals surface area contributed by atoms with Gasteiger partial charge in [0.05, 0.1) is 5.69 Å². The Kier molecular flexibility index (Phi) is 5.32. The van der Waals surface area contributed by atoms with E-state index >= 15 is 4.39 Å². The average molecular weight is 431 g/mol. The molecule has 31 heavy (non-hydrogen) atoms. The Labute approximate surface area is 182 Å². The lowest BCUT2D eigenvalue weighted by Crippen LogP contribution is -2.62. The van der Waals surface area contributed by atoms with Crippen molar-refractivity contribution in [3.63, 3.8) is 0 Å². The number of carbonyl (C=O) groups is 3. The summed E-state index contributed by atoms with van der Waals surface area (Å²) in [6, 6.07) is 2.88. The minimum Gasteiger partial charge on any atom is -0.366 e. The van der Waals surface area contributed by atoms with Crippen LogP contribution in [0.1, 0.15) is 63.4 Å². The number of piperidine rings is 1. The van der Waals surface area contributed by atoms with E-state index in [1.807, 2.05) is 0 Å². The minimum atomic E-state index is -0.695. The molecule has 0 aromatic heterocycles. The number of nitrogens with zero attached hydrogens (tertiary/aromatic N) is 3. The van der Waals surface area contributed by atoms with Gasteiger partial charge in [0, 0.05) is 49.2 Å². The molecular weight excluding hydrogens is 399 g/mol. The number of rotatable bonds is 2. The summed E-state index contributed by atoms with van der Waals surface area (Å²) < 4.78 is 15.1. The van der Waals surface area contributed by atoms with Gasteiger partial charge in [-0.05, 0) is 58.7 Å². The third kappa shape index (κ3) is 3.82. The molecule has 2 unspecified atom stereocenters. The first-order valence-corrected chi connectivity index (χ1v) is 11.0. The van der Waals surface area contributed by atoms with Crippen LogP contribution < -0.4 is 10.2 Å². The number of nitrogens with one attached hydrogen (secondary N) is 1. The fraction of sp³-hybridized carbons (Fsp3) is 0.609. The molecule has 0 radical (unpaired) electrons. The fourth-order valence-corrected chi connectivity index (χ4v) is 5.66. The number of carbonyl (C=O) groups excluding carboxylic acids is 3. The smallest absolute Gasteiger partial charge is 0.255 e. The average Bonchev–Trinajstić information content (AvgIpc) is 2.95. The van der Waals surface area contributed by atoms with Gasteiger partial charge in [-0.1, -0.05) is 0 Å². The summed E-state index contributed by atoms with van der Waals surface area (Å²) in [6.07, 6.45) is 0.494. The maximum atomic E-state index is 15.1. The van der Waals surface area contributed by atoms with Crippen LogP contribution in [0.25, 0.3) is 0 Å². The Balaban J connectivity index is 1.58. The first kappa shape index (κ1) is 21.7. The summed E-state index contributed by atoms with van der Waals surface area (Å²) in [5.74, 6) is -1.55. The third-order valence-corrected chi connectivity index (χ3v) is 6.63. The van der Waals surface area contributed by atoms with Crippen molar-refractivity contribution in [3.8, 4) is 0 Å². The second-order valence-electron chi connectivity index (χ2n) is 10.0. The van der Waals surface area contributed by atoms with Crippen molar-refractivity contribution >= 4 is 23.4 Å². The molecule has 2 fully saturated rings. The van der Waals surface area contributed by atoms with E-state index in [1.165, 1.54) is 11.0 Å². The van der Waals surface area contributed by atoms with Crippen LogP contribution in [-0.4, -0.2) is 64.3 Å². The largest absolute Gasteiger partial charge is 0.366 e. The van der Waals surface area contributed by atoms with Crippen LogP contribution in [0.5, 0.6) is 0 Å². The van der Waals surface area contributed by atoms with Crippen molar-refractivity contribution in [2.45, 2.75) is 77.7 Å². The highest BCUT2D eigenvalue weighted by Crippen LogP contribution is 2.35. The first-order chi connectivity index (χ1) is 14.5. The third-order valence-electron chi connectivity index (χ3n) is 6.63. The molecule has 3 atom stereocenters. The second-order valence-corrected chi connectivity index (χ2v) is 10.0. The molecule has 1 N–H and O–H groups in total. The van der Waals surface area contributed by atoms with Gasteiger partial charge in [-0.25, -0.2) is 4.39 Å². The predicted molar refractivity (Wildman–Crippen MR) is 115 cm³/mol. The number of halogens is 1. The zero-order chi connectivity index (χ0) is 22.7. The number of benzene rings is 1. The number of piperazine rings is 1. The number of fused-ring (bicyclic) bond motifs is 1. The van der Waals surface area contributed by atoms with Crippen LogP contribution in [0, 0.1) is 5.82 Å². The summed E-state index contributed by atoms with van der Waals surface area (Å²) in [5.41, 5.74) is 1.56. The van der Waals surface area contributed by atoms with E-state index in [9.17, 15) is 14.4 Å². The van der Waals surface area contributed by atoms with E-state index in [1.54, 1.807) is 6.07 Å². The normalized spacial score (nSPS) is 27.5. The highest BCUT2D eigenvalue weighted by Gasteiger charge is 2.41. The molecule has 2 saturated heterocycles. The number of hydrogen-bond donors (Lipinski definition) is 1. The van der Waals surface area contributed by atoms with Gasteiger partial charge in [-0.3, -0.25) is 24.6 Å². The maximum Gasteiger partial charge on any atom is 0.255 e. The number of hydrogen-bond acceptors (Lipinski definition) is 5. The van der Waals surface area contributed by atoms with Crippen molar-refractivity contribution < 1.29 is 18.8 Å². The molecule has 1 aromatic carbocycles. The van der Waals surface area contributed by atoms with Gasteiger partial charge in [-0.15, -0.1) is 0 Å². The van der Waals surface area contributed by atoms with Crippen LogP contribution in [0.3, 0.4) is 0 Å². The summed E-state index contributed by atoms with van der Waals surface area (Å²) in [4.78, 5) is 42.6. The van der Waals surface area contributed by atoms with E-state index < -0.39 is 17.8 Å². The van der Waals surface area contributed by atoms with Crippen LogP contribution in [0.2, 0.25) is 0 Å². The van der Waals surface area contributed by atoms with Gasteiger partial charge in [0.1, 0.15) is 11.9 Å². The van der Waals surface area contributed by atoms with Crippen molar-refractivity contribution in [1.29, 1.82) is 0 Å². The van der Waals surface area contributed by atoms with Gasteiger partial charge in [0.25, 0.3) is 5.91 Å². The van der Waals surface area contributed by atoms with E-state index in [4.69, 9.17) is 0 Å². The number of amides is 3. The van der Waals surface area contributed by atoms with Crippen LogP contribution >= 0.6 is 0 Å². The maximum absolute atomic E-state index is 15.1. The summed E-state index contributed by atoms with van der Waals surface area (Å²) in [5, 5.41) is 2.30. The Morgan fingerprint density at radius 3 is 2.29 bits per heavy atom. The topological polar surface area (TPSA) is 73.0 Å². The van der Waals surface area contributed by atoms with Gasteiger partial charge in [0.15, 0.2) is 0 Å². The molecule has 7 nitrogen and oxygen atoms in total. The van der Waals surface area contributed by atoms with Gasteiger partial charge < -0.3 is 9.80 Å². The zero-order valence-electron chi connectivity index (χ0n) is 18.9. The van der Waals surface area contributed by atoms with Crippen molar-refractivity contribution in [1.82, 2.24) is 15.1 Å². The highest BCUT2D eigenvalue weighted by atomic mass is 19.1. The molecule has 3 aliphatic rings. The number of anilines is 1. The summed E-state index contributed by atoms with van der Waals surface area (Å²) >= 11 is 0. The second kappa shape index (κ2) is 7.58. The van der Waals surface area contributed by atoms with Crippen LogP contribution in [0.15, 0.2) is 12.1 Å². The van der Waals surface area contributed by atoms with E-state index in [0.29, 0.717) is 30.8 Å². The summed E-state index contributed by atoms with van der Waals surface area (Å²) in [7, 11) is 0. The van der Waals surface area contributed by atoms with E-state index in [0.717, 1.165) is 5.56 Å². The Morgan fingerprint density at radius 2 is 1.71 bits per heavy atom. The summed E-state index contributed by atoms with van der Waals surface area (Å²) in [6.45, 7) is 12.5. The van der Waals surface area contributed by atoms with E-state index in [-0.39, 0.29) is 42.4 Å². The van der Waals surface area contributed by atoms with Crippen molar-refractivity contribution in [3.05, 3.63) is 29.1 Å². The Hall–Kier alpha value is -2.48. The molecule has 1 aromatic rings. The zero-order valence-corrected chi connectivity index (χ0v) is 18.9. The Morgan fingerprint density at radius 1 is 1.06 bits per heavy atom. The van der Waals surface area contributed by atoms with Gasteiger partial charge >= 0.3 is 0 Å². The van der Waals surface area contributed by atoms with Gasteiger partial charge in [0.2, 0.25) is 11.8 Å². The molecule has 0 bridgehead atoms. The first-order valence-electron chi connectivity index (χ1n) is 11.0. The molecule has 0 aliphatic carbocycles. The molecule has 0 saturated carbocycles. The van der Waals surface area contributed by atoms with Crippen molar-refractivity contribution in [2.24, 2.45) is 0 Å². The van der Waals surface area contributed by atoms with Crippen LogP contribution in [-0.2, 0) is 16.1 Å². The molecule has 3 amide bonds. The lowest BCUT2D eigenvalue weighted by Gasteiger charge is -2.51. The monoisotopic (exact) mass is 430 g/mol. The quantitative estimate of drug-likeness (QED) is 0.729. The lowest BCUT2D eigenvalue weighted by atomic mass is 9.96. The standard InChI is InChI=1S/C23H31FN4O3/c1-13-10-26(11-14(2)28(13)23(3,4)5)19-8-15-12-27(22(31)16(15)9-17(19)24)18-6-7-20(29)25-21(18)30/h8-9,13-14,18H,6-7,10-12H2,1-5H3,(H,25,29,30)/t13?,14?,18-/m1/s1. The molecule has 3 heterocycles. The van der Waals surface area contributed by atoms with Gasteiger partial charge in [-0.2, -0.15) is 0 Å².